The molecule has 0 aliphatic rings. The minimum Gasteiger partial charge on any atom is -0.481 e. The van der Waals surface area contributed by atoms with Crippen LogP contribution in [0.5, 0.6) is 5.75 Å². The second kappa shape index (κ2) is 7.47. The van der Waals surface area contributed by atoms with Crippen LogP contribution in [-0.4, -0.2) is 12.5 Å². The molecule has 3 nitrogen and oxygen atoms in total. The molecule has 0 aliphatic heterocycles. The van der Waals surface area contributed by atoms with E-state index in [0.29, 0.717) is 0 Å². The monoisotopic (exact) mass is 329 g/mol. The van der Waals surface area contributed by atoms with E-state index in [-0.39, 0.29) is 29.7 Å². The molecule has 0 aromatic heterocycles. The number of ether oxygens (including phenoxy) is 1. The van der Waals surface area contributed by atoms with Crippen molar-refractivity contribution >= 4 is 5.91 Å². The van der Waals surface area contributed by atoms with Gasteiger partial charge in [0.1, 0.15) is 0 Å². The molecule has 1 N–H and O–H groups in total. The summed E-state index contributed by atoms with van der Waals surface area (Å²) in [6.07, 6.45) is 0. The summed E-state index contributed by atoms with van der Waals surface area (Å²) in [6, 6.07) is 14.1. The predicted molar refractivity (Wildman–Crippen MR) is 93.6 cm³/mol. The molecule has 4 heteroatoms. The lowest BCUT2D eigenvalue weighted by Gasteiger charge is -2.20. The number of rotatable bonds is 5. The molecular formula is C20H24FNO2. The molecule has 0 bridgehead atoms. The van der Waals surface area contributed by atoms with Crippen molar-refractivity contribution < 1.29 is 13.9 Å². The lowest BCUT2D eigenvalue weighted by Crippen LogP contribution is -2.31. The average molecular weight is 329 g/mol. The van der Waals surface area contributed by atoms with Crippen molar-refractivity contribution in [1.29, 1.82) is 0 Å². The van der Waals surface area contributed by atoms with Crippen molar-refractivity contribution in [2.75, 3.05) is 6.61 Å². The summed E-state index contributed by atoms with van der Waals surface area (Å²) in [5.41, 5.74) is 2.36. The Morgan fingerprint density at radius 1 is 1.12 bits per heavy atom. The average Bonchev–Trinajstić information content (AvgIpc) is 2.53. The Hall–Kier alpha value is -2.36. The third-order valence-electron chi connectivity index (χ3n) is 3.85. The molecule has 0 saturated carbocycles. The fourth-order valence-corrected chi connectivity index (χ4v) is 2.34. The number of carbonyl (C=O) groups is 1. The van der Waals surface area contributed by atoms with Crippen LogP contribution in [0, 0.1) is 5.82 Å². The quantitative estimate of drug-likeness (QED) is 0.884. The van der Waals surface area contributed by atoms with E-state index in [4.69, 9.17) is 4.74 Å². The maximum Gasteiger partial charge on any atom is 0.258 e. The van der Waals surface area contributed by atoms with Gasteiger partial charge in [-0.05, 0) is 35.6 Å². The number of hydrogen-bond donors (Lipinski definition) is 1. The molecule has 24 heavy (non-hydrogen) atoms. The normalized spacial score (nSPS) is 12.5. The summed E-state index contributed by atoms with van der Waals surface area (Å²) < 4.78 is 18.7. The van der Waals surface area contributed by atoms with E-state index in [0.717, 1.165) is 5.56 Å². The Bertz CT molecular complexity index is 690. The number of benzene rings is 2. The van der Waals surface area contributed by atoms with Crippen molar-refractivity contribution in [2.24, 2.45) is 0 Å². The standard InChI is InChI=1S/C20H24FNO2/c1-14(15-9-11-16(12-10-15)20(2,3)4)22-19(23)13-24-18-8-6-5-7-17(18)21/h5-12,14H,13H2,1-4H3,(H,22,23)/t14-/m0/s1. The van der Waals surface area contributed by atoms with E-state index in [2.05, 4.69) is 38.2 Å². The van der Waals surface area contributed by atoms with Gasteiger partial charge in [0.25, 0.3) is 5.91 Å². The predicted octanol–water partition coefficient (Wildman–Crippen LogP) is 4.38. The third-order valence-corrected chi connectivity index (χ3v) is 3.85. The SMILES string of the molecule is C[C@H](NC(=O)COc1ccccc1F)c1ccc(C(C)(C)C)cc1. The van der Waals surface area contributed by atoms with Crippen LogP contribution < -0.4 is 10.1 Å². The summed E-state index contributed by atoms with van der Waals surface area (Å²) in [5.74, 6) is -0.684. The molecule has 0 heterocycles. The highest BCUT2D eigenvalue weighted by Gasteiger charge is 2.15. The Balaban J connectivity index is 1.90. The molecule has 0 aliphatic carbocycles. The van der Waals surface area contributed by atoms with Gasteiger partial charge in [0.05, 0.1) is 6.04 Å². The minimum absolute atomic E-state index is 0.0785. The Labute approximate surface area is 142 Å². The van der Waals surface area contributed by atoms with E-state index in [1.54, 1.807) is 12.1 Å². The van der Waals surface area contributed by atoms with Crippen LogP contribution in [0.3, 0.4) is 0 Å². The molecule has 0 saturated heterocycles. The topological polar surface area (TPSA) is 38.3 Å². The second-order valence-corrected chi connectivity index (χ2v) is 6.88. The van der Waals surface area contributed by atoms with Gasteiger partial charge in [-0.15, -0.1) is 0 Å². The van der Waals surface area contributed by atoms with E-state index in [1.807, 2.05) is 19.1 Å². The maximum absolute atomic E-state index is 13.4. The van der Waals surface area contributed by atoms with Gasteiger partial charge in [0, 0.05) is 0 Å². The largest absolute Gasteiger partial charge is 0.481 e. The molecule has 1 amide bonds. The van der Waals surface area contributed by atoms with Crippen molar-refractivity contribution in [3.63, 3.8) is 0 Å². The van der Waals surface area contributed by atoms with Crippen molar-refractivity contribution in [1.82, 2.24) is 5.32 Å². The zero-order valence-electron chi connectivity index (χ0n) is 14.6. The summed E-state index contributed by atoms with van der Waals surface area (Å²) in [6.45, 7) is 8.17. The highest BCUT2D eigenvalue weighted by atomic mass is 19.1. The van der Waals surface area contributed by atoms with E-state index in [1.165, 1.54) is 17.7 Å². The molecule has 0 fully saturated rings. The first-order valence-electron chi connectivity index (χ1n) is 8.04. The van der Waals surface area contributed by atoms with Crippen LogP contribution in [0.2, 0.25) is 0 Å². The smallest absolute Gasteiger partial charge is 0.258 e. The number of amides is 1. The lowest BCUT2D eigenvalue weighted by molar-refractivity contribution is -0.123. The summed E-state index contributed by atoms with van der Waals surface area (Å²) in [7, 11) is 0. The molecule has 2 rings (SSSR count). The van der Waals surface area contributed by atoms with E-state index < -0.39 is 5.82 Å². The summed E-state index contributed by atoms with van der Waals surface area (Å²) in [4.78, 5) is 12.0. The second-order valence-electron chi connectivity index (χ2n) is 6.88. The third kappa shape index (κ3) is 4.82. The van der Waals surface area contributed by atoms with Crippen molar-refractivity contribution in [2.45, 2.75) is 39.2 Å². The molecule has 1 atom stereocenters. The van der Waals surface area contributed by atoms with Gasteiger partial charge in [-0.3, -0.25) is 4.79 Å². The summed E-state index contributed by atoms with van der Waals surface area (Å²) >= 11 is 0. The number of hydrogen-bond acceptors (Lipinski definition) is 2. The molecule has 2 aromatic carbocycles. The number of carbonyl (C=O) groups excluding carboxylic acids is 1. The van der Waals surface area contributed by atoms with Gasteiger partial charge in [-0.2, -0.15) is 0 Å². The van der Waals surface area contributed by atoms with Crippen molar-refractivity contribution in [3.05, 3.63) is 65.5 Å². The van der Waals surface area contributed by atoms with Gasteiger partial charge in [-0.25, -0.2) is 4.39 Å². The Morgan fingerprint density at radius 3 is 2.33 bits per heavy atom. The maximum atomic E-state index is 13.4. The molecule has 0 spiro atoms. The van der Waals surface area contributed by atoms with Gasteiger partial charge < -0.3 is 10.1 Å². The lowest BCUT2D eigenvalue weighted by atomic mass is 9.86. The minimum atomic E-state index is -0.476. The first kappa shape index (κ1) is 18.0. The number of nitrogens with one attached hydrogen (secondary N) is 1. The Morgan fingerprint density at radius 2 is 1.75 bits per heavy atom. The zero-order chi connectivity index (χ0) is 17.7. The van der Waals surface area contributed by atoms with Crippen LogP contribution in [0.15, 0.2) is 48.5 Å². The number of para-hydroxylation sites is 1. The zero-order valence-corrected chi connectivity index (χ0v) is 14.6. The van der Waals surface area contributed by atoms with Crippen molar-refractivity contribution in [3.8, 4) is 5.75 Å². The van der Waals surface area contributed by atoms with Crippen LogP contribution in [-0.2, 0) is 10.2 Å². The molecule has 0 radical (unpaired) electrons. The highest BCUT2D eigenvalue weighted by molar-refractivity contribution is 5.78. The van der Waals surface area contributed by atoms with Crippen LogP contribution in [0.1, 0.15) is 44.9 Å². The molecule has 0 unspecified atom stereocenters. The first-order valence-corrected chi connectivity index (χ1v) is 8.04. The molecular weight excluding hydrogens is 305 g/mol. The summed E-state index contributed by atoms with van der Waals surface area (Å²) in [5, 5.41) is 2.86. The fourth-order valence-electron chi connectivity index (χ4n) is 2.34. The number of halogens is 1. The van der Waals surface area contributed by atoms with Gasteiger partial charge in [0.15, 0.2) is 18.2 Å². The molecule has 2 aromatic rings. The van der Waals surface area contributed by atoms with Gasteiger partial charge >= 0.3 is 0 Å². The highest BCUT2D eigenvalue weighted by Crippen LogP contribution is 2.24. The molecule has 128 valence electrons. The van der Waals surface area contributed by atoms with Gasteiger partial charge in [-0.1, -0.05) is 57.2 Å². The van der Waals surface area contributed by atoms with Crippen LogP contribution in [0.4, 0.5) is 4.39 Å². The van der Waals surface area contributed by atoms with Gasteiger partial charge in [0.2, 0.25) is 0 Å². The van der Waals surface area contributed by atoms with E-state index >= 15 is 0 Å². The van der Waals surface area contributed by atoms with E-state index in [9.17, 15) is 9.18 Å². The fraction of sp³-hybridized carbons (Fsp3) is 0.350. The van der Waals surface area contributed by atoms with Crippen LogP contribution >= 0.6 is 0 Å². The Kier molecular flexibility index (Phi) is 5.60. The first-order chi connectivity index (χ1) is 11.3. The van der Waals surface area contributed by atoms with Crippen LogP contribution in [0.25, 0.3) is 0 Å².